The van der Waals surface area contributed by atoms with Crippen LogP contribution in [-0.2, 0) is 0 Å². The maximum Gasteiger partial charge on any atom is 0.573 e. The number of aromatic nitrogens is 1. The van der Waals surface area contributed by atoms with E-state index in [4.69, 9.17) is 0 Å². The summed E-state index contributed by atoms with van der Waals surface area (Å²) < 4.78 is 42.9. The van der Waals surface area contributed by atoms with Gasteiger partial charge in [0, 0.05) is 17.0 Å². The first-order chi connectivity index (χ1) is 9.33. The summed E-state index contributed by atoms with van der Waals surface area (Å²) in [6.45, 7) is 3.38. The lowest BCUT2D eigenvalue weighted by Crippen LogP contribution is -2.18. The fourth-order valence-electron chi connectivity index (χ4n) is 2.13. The molecule has 0 aliphatic rings. The molecule has 0 spiro atoms. The van der Waals surface area contributed by atoms with Crippen molar-refractivity contribution < 1.29 is 22.7 Å². The van der Waals surface area contributed by atoms with E-state index in [0.717, 1.165) is 0 Å². The van der Waals surface area contributed by atoms with Crippen LogP contribution in [0.25, 0.3) is 5.69 Å². The summed E-state index contributed by atoms with van der Waals surface area (Å²) in [6, 6.07) is 7.43. The molecule has 6 heteroatoms. The van der Waals surface area contributed by atoms with Crippen LogP contribution in [0.15, 0.2) is 30.3 Å². The summed E-state index contributed by atoms with van der Waals surface area (Å²) in [4.78, 5) is 10.9. The number of halogens is 3. The molecule has 0 saturated carbocycles. The van der Waals surface area contributed by atoms with Crippen molar-refractivity contribution in [2.24, 2.45) is 0 Å². The monoisotopic (exact) mass is 283 g/mol. The van der Waals surface area contributed by atoms with E-state index < -0.39 is 6.36 Å². The molecule has 0 aliphatic heterocycles. The number of hydrogen-bond donors (Lipinski definition) is 0. The molecule has 1 aromatic heterocycles. The first-order valence-corrected chi connectivity index (χ1v) is 5.83. The molecular weight excluding hydrogens is 271 g/mol. The second-order valence-corrected chi connectivity index (χ2v) is 4.30. The van der Waals surface area contributed by atoms with Gasteiger partial charge in [0.2, 0.25) is 0 Å². The molecule has 0 amide bonds. The molecule has 1 aromatic carbocycles. The molecule has 0 saturated heterocycles. The highest BCUT2D eigenvalue weighted by Gasteiger charge is 2.32. The first-order valence-electron chi connectivity index (χ1n) is 5.83. The Kier molecular flexibility index (Phi) is 3.57. The van der Waals surface area contributed by atoms with Gasteiger partial charge in [0.15, 0.2) is 12.0 Å². The Labute approximate surface area is 113 Å². The highest BCUT2D eigenvalue weighted by molar-refractivity contribution is 5.78. The Balaban J connectivity index is 2.59. The molecule has 0 atom stereocenters. The van der Waals surface area contributed by atoms with Gasteiger partial charge < -0.3 is 9.30 Å². The first kappa shape index (κ1) is 14.2. The number of benzene rings is 1. The third-order valence-electron chi connectivity index (χ3n) is 2.93. The molecule has 0 N–H and O–H groups in total. The van der Waals surface area contributed by atoms with E-state index in [0.29, 0.717) is 23.2 Å². The molecule has 0 aliphatic carbocycles. The predicted octanol–water partition coefficient (Wildman–Crippen LogP) is 3.81. The van der Waals surface area contributed by atoms with Crippen molar-refractivity contribution in [3.8, 4) is 11.4 Å². The van der Waals surface area contributed by atoms with E-state index in [9.17, 15) is 18.0 Å². The summed E-state index contributed by atoms with van der Waals surface area (Å²) in [5.41, 5.74) is 1.90. The topological polar surface area (TPSA) is 31.2 Å². The second-order valence-electron chi connectivity index (χ2n) is 4.30. The van der Waals surface area contributed by atoms with Gasteiger partial charge in [-0.3, -0.25) is 4.79 Å². The highest BCUT2D eigenvalue weighted by atomic mass is 19.4. The highest BCUT2D eigenvalue weighted by Crippen LogP contribution is 2.31. The molecule has 3 nitrogen and oxygen atoms in total. The number of carbonyl (C=O) groups is 1. The van der Waals surface area contributed by atoms with Gasteiger partial charge in [-0.1, -0.05) is 12.1 Å². The number of ether oxygens (including phenoxy) is 1. The minimum atomic E-state index is -4.77. The minimum absolute atomic E-state index is 0.243. The second kappa shape index (κ2) is 5.03. The molecule has 0 unspecified atom stereocenters. The molecule has 106 valence electrons. The summed E-state index contributed by atoms with van der Waals surface area (Å²) in [6.07, 6.45) is -4.09. The number of para-hydroxylation sites is 2. The minimum Gasteiger partial charge on any atom is -0.404 e. The molecule has 0 fully saturated rings. The molecule has 0 bridgehead atoms. The molecule has 20 heavy (non-hydrogen) atoms. The van der Waals surface area contributed by atoms with Crippen molar-refractivity contribution in [1.82, 2.24) is 4.57 Å². The zero-order valence-electron chi connectivity index (χ0n) is 10.9. The average molecular weight is 283 g/mol. The van der Waals surface area contributed by atoms with Crippen LogP contribution in [0.1, 0.15) is 21.7 Å². The molecule has 1 heterocycles. The van der Waals surface area contributed by atoms with Gasteiger partial charge in [0.1, 0.15) is 0 Å². The van der Waals surface area contributed by atoms with Crippen molar-refractivity contribution in [3.63, 3.8) is 0 Å². The SMILES string of the molecule is Cc1cc(C=O)c(C)n1-c1ccccc1OC(F)(F)F. The van der Waals surface area contributed by atoms with E-state index in [1.54, 1.807) is 30.5 Å². The van der Waals surface area contributed by atoms with Crippen molar-refractivity contribution in [2.45, 2.75) is 20.2 Å². The average Bonchev–Trinajstić information content (AvgIpc) is 2.63. The molecule has 2 aromatic rings. The fourth-order valence-corrected chi connectivity index (χ4v) is 2.13. The van der Waals surface area contributed by atoms with E-state index in [1.807, 2.05) is 0 Å². The number of alkyl halides is 3. The Morgan fingerprint density at radius 1 is 1.20 bits per heavy atom. The number of rotatable bonds is 3. The van der Waals surface area contributed by atoms with Crippen LogP contribution in [0, 0.1) is 13.8 Å². The van der Waals surface area contributed by atoms with Gasteiger partial charge in [0.05, 0.1) is 5.69 Å². The van der Waals surface area contributed by atoms with Crippen molar-refractivity contribution in [3.05, 3.63) is 47.3 Å². The molecule has 2 rings (SSSR count). The summed E-state index contributed by atoms with van der Waals surface area (Å²) in [5.74, 6) is -0.306. The largest absolute Gasteiger partial charge is 0.573 e. The van der Waals surface area contributed by atoms with E-state index in [-0.39, 0.29) is 11.4 Å². The number of carbonyl (C=O) groups excluding carboxylic acids is 1. The van der Waals surface area contributed by atoms with Crippen LogP contribution in [0.5, 0.6) is 5.75 Å². The number of hydrogen-bond acceptors (Lipinski definition) is 2. The smallest absolute Gasteiger partial charge is 0.404 e. The quantitative estimate of drug-likeness (QED) is 0.802. The third kappa shape index (κ3) is 2.68. The standard InChI is InChI=1S/C14H12F3NO2/c1-9-7-11(8-19)10(2)18(9)12-5-3-4-6-13(12)20-14(15,16)17/h3-8H,1-2H3. The van der Waals surface area contributed by atoms with Gasteiger partial charge >= 0.3 is 6.36 Å². The maximum atomic E-state index is 12.4. The zero-order chi connectivity index (χ0) is 14.9. The van der Waals surface area contributed by atoms with Crippen molar-refractivity contribution >= 4 is 6.29 Å². The Bertz CT molecular complexity index is 644. The lowest BCUT2D eigenvalue weighted by Gasteiger charge is -2.16. The number of nitrogens with zero attached hydrogens (tertiary/aromatic N) is 1. The molecule has 0 radical (unpaired) electrons. The van der Waals surface area contributed by atoms with E-state index in [2.05, 4.69) is 4.74 Å². The lowest BCUT2D eigenvalue weighted by atomic mass is 10.2. The van der Waals surface area contributed by atoms with Crippen LogP contribution >= 0.6 is 0 Å². The normalized spacial score (nSPS) is 11.4. The third-order valence-corrected chi connectivity index (χ3v) is 2.93. The summed E-state index contributed by atoms with van der Waals surface area (Å²) >= 11 is 0. The van der Waals surface area contributed by atoms with E-state index >= 15 is 0 Å². The van der Waals surface area contributed by atoms with Crippen molar-refractivity contribution in [1.29, 1.82) is 0 Å². The van der Waals surface area contributed by atoms with Crippen LogP contribution in [0.4, 0.5) is 13.2 Å². The van der Waals surface area contributed by atoms with E-state index in [1.165, 1.54) is 18.2 Å². The Morgan fingerprint density at radius 2 is 1.85 bits per heavy atom. The van der Waals surface area contributed by atoms with Gasteiger partial charge in [-0.05, 0) is 32.0 Å². The maximum absolute atomic E-state index is 12.4. The van der Waals surface area contributed by atoms with Crippen LogP contribution < -0.4 is 4.74 Å². The predicted molar refractivity (Wildman–Crippen MR) is 67.3 cm³/mol. The zero-order valence-corrected chi connectivity index (χ0v) is 10.9. The van der Waals surface area contributed by atoms with Crippen molar-refractivity contribution in [2.75, 3.05) is 0 Å². The van der Waals surface area contributed by atoms with Gasteiger partial charge in [-0.25, -0.2) is 0 Å². The fraction of sp³-hybridized carbons (Fsp3) is 0.214. The number of aldehydes is 1. The van der Waals surface area contributed by atoms with Gasteiger partial charge in [-0.2, -0.15) is 0 Å². The Morgan fingerprint density at radius 3 is 2.40 bits per heavy atom. The summed E-state index contributed by atoms with van der Waals surface area (Å²) in [5, 5.41) is 0. The van der Waals surface area contributed by atoms with Crippen LogP contribution in [0.3, 0.4) is 0 Å². The summed E-state index contributed by atoms with van der Waals surface area (Å²) in [7, 11) is 0. The van der Waals surface area contributed by atoms with Crippen LogP contribution in [-0.4, -0.2) is 17.2 Å². The van der Waals surface area contributed by atoms with Crippen LogP contribution in [0.2, 0.25) is 0 Å². The lowest BCUT2D eigenvalue weighted by molar-refractivity contribution is -0.274. The number of aryl methyl sites for hydroxylation is 1. The Hall–Kier alpha value is -2.24. The van der Waals surface area contributed by atoms with Gasteiger partial charge in [-0.15, -0.1) is 13.2 Å². The van der Waals surface area contributed by atoms with Gasteiger partial charge in [0.25, 0.3) is 0 Å². The molecular formula is C14H12F3NO2.